The number of carbonyl (C=O) groups is 2. The average molecular weight is 445 g/mol. The second-order valence-electron chi connectivity index (χ2n) is 7.91. The first-order valence-corrected chi connectivity index (χ1v) is 11.0. The summed E-state index contributed by atoms with van der Waals surface area (Å²) in [5.74, 6) is -0.863. The molecule has 1 amide bonds. The number of rotatable bonds is 6. The van der Waals surface area contributed by atoms with Crippen LogP contribution < -0.4 is 13.8 Å². The van der Waals surface area contributed by atoms with Gasteiger partial charge in [0, 0.05) is 6.08 Å². The zero-order valence-electron chi connectivity index (χ0n) is 17.5. The molecule has 1 aliphatic heterocycles. The van der Waals surface area contributed by atoms with Gasteiger partial charge in [0.2, 0.25) is 0 Å². The molecule has 0 spiro atoms. The standard InChI is InChI=1S/C22H24N2O6S/c1-22(2,3)30-21(26)12-10-16-9-11-18(24-14-20(25)23-31(24,27)28)19(13-16)29-15-17-7-5-4-6-8-17/h4-13H,14-15H2,1-3H3,(H,23,25). The fourth-order valence-electron chi connectivity index (χ4n) is 2.85. The van der Waals surface area contributed by atoms with Crippen LogP contribution in [-0.4, -0.2) is 32.4 Å². The molecule has 3 rings (SSSR count). The van der Waals surface area contributed by atoms with Gasteiger partial charge in [0.05, 0.1) is 5.69 Å². The second-order valence-corrected chi connectivity index (χ2v) is 9.50. The third-order valence-corrected chi connectivity index (χ3v) is 5.52. The zero-order chi connectivity index (χ0) is 22.6. The minimum atomic E-state index is -3.99. The number of benzene rings is 2. The predicted molar refractivity (Wildman–Crippen MR) is 117 cm³/mol. The van der Waals surface area contributed by atoms with Crippen LogP contribution in [0.3, 0.4) is 0 Å². The zero-order valence-corrected chi connectivity index (χ0v) is 18.3. The number of nitrogens with one attached hydrogen (secondary N) is 1. The third kappa shape index (κ3) is 6.08. The van der Waals surface area contributed by atoms with E-state index >= 15 is 0 Å². The number of amides is 1. The molecule has 2 aromatic rings. The van der Waals surface area contributed by atoms with Crippen LogP contribution >= 0.6 is 0 Å². The van der Waals surface area contributed by atoms with E-state index in [1.165, 1.54) is 12.1 Å². The first-order valence-electron chi connectivity index (χ1n) is 9.59. The maximum Gasteiger partial charge on any atom is 0.331 e. The molecule has 9 heteroatoms. The van der Waals surface area contributed by atoms with Gasteiger partial charge < -0.3 is 9.47 Å². The molecular weight excluding hydrogens is 420 g/mol. The quantitative estimate of drug-likeness (QED) is 0.543. The highest BCUT2D eigenvalue weighted by molar-refractivity contribution is 7.92. The number of carbonyl (C=O) groups excluding carboxylic acids is 2. The molecule has 1 aliphatic rings. The first kappa shape index (κ1) is 22.4. The fraction of sp³-hybridized carbons (Fsp3) is 0.273. The Labute approximate surface area is 181 Å². The summed E-state index contributed by atoms with van der Waals surface area (Å²) in [5.41, 5.74) is 1.11. The van der Waals surface area contributed by atoms with Crippen LogP contribution in [0, 0.1) is 0 Å². The van der Waals surface area contributed by atoms with Crippen molar-refractivity contribution in [2.45, 2.75) is 33.0 Å². The van der Waals surface area contributed by atoms with E-state index in [0.717, 1.165) is 9.87 Å². The summed E-state index contributed by atoms with van der Waals surface area (Å²) in [7, 11) is -3.99. The highest BCUT2D eigenvalue weighted by Crippen LogP contribution is 2.33. The first-order chi connectivity index (χ1) is 14.5. The van der Waals surface area contributed by atoms with E-state index < -0.39 is 27.7 Å². The molecule has 0 atom stereocenters. The van der Waals surface area contributed by atoms with E-state index in [9.17, 15) is 18.0 Å². The lowest BCUT2D eigenvalue weighted by Gasteiger charge is -2.20. The normalized spacial score (nSPS) is 15.7. The van der Waals surface area contributed by atoms with E-state index in [-0.39, 0.29) is 24.6 Å². The summed E-state index contributed by atoms with van der Waals surface area (Å²) in [6.45, 7) is 5.18. The van der Waals surface area contributed by atoms with Gasteiger partial charge in [-0.25, -0.2) is 13.8 Å². The summed E-state index contributed by atoms with van der Waals surface area (Å²) in [6.07, 6.45) is 2.84. The van der Waals surface area contributed by atoms with Gasteiger partial charge in [0.15, 0.2) is 0 Å². The molecule has 0 aromatic heterocycles. The molecule has 31 heavy (non-hydrogen) atoms. The summed E-state index contributed by atoms with van der Waals surface area (Å²) in [4.78, 5) is 23.6. The molecule has 0 radical (unpaired) electrons. The SMILES string of the molecule is CC(C)(C)OC(=O)C=Cc1ccc(N2CC(=O)NS2(=O)=O)c(OCc2ccccc2)c1. The van der Waals surface area contributed by atoms with Gasteiger partial charge in [-0.05, 0) is 50.1 Å². The van der Waals surface area contributed by atoms with Crippen LogP contribution in [0.25, 0.3) is 6.08 Å². The van der Waals surface area contributed by atoms with Crippen molar-refractivity contribution >= 4 is 33.8 Å². The van der Waals surface area contributed by atoms with Gasteiger partial charge >= 0.3 is 16.2 Å². The molecule has 2 aromatic carbocycles. The summed E-state index contributed by atoms with van der Waals surface area (Å²) in [5, 5.41) is 0. The molecule has 0 aliphatic carbocycles. The predicted octanol–water partition coefficient (Wildman–Crippen LogP) is 2.80. The maximum atomic E-state index is 12.3. The van der Waals surface area contributed by atoms with E-state index in [1.807, 2.05) is 35.1 Å². The Morgan fingerprint density at radius 1 is 1.16 bits per heavy atom. The Kier molecular flexibility index (Phi) is 6.35. The summed E-state index contributed by atoms with van der Waals surface area (Å²) in [6, 6.07) is 14.1. The van der Waals surface area contributed by atoms with Gasteiger partial charge in [-0.15, -0.1) is 0 Å². The van der Waals surface area contributed by atoms with Crippen LogP contribution in [-0.2, 0) is 31.1 Å². The number of anilines is 1. The summed E-state index contributed by atoms with van der Waals surface area (Å²) >= 11 is 0. The monoisotopic (exact) mass is 444 g/mol. The average Bonchev–Trinajstić information content (AvgIpc) is 2.96. The molecule has 0 unspecified atom stereocenters. The Hall–Kier alpha value is -3.33. The van der Waals surface area contributed by atoms with E-state index in [1.54, 1.807) is 39.0 Å². The van der Waals surface area contributed by atoms with Crippen LogP contribution in [0.4, 0.5) is 5.69 Å². The van der Waals surface area contributed by atoms with Crippen molar-refractivity contribution in [2.75, 3.05) is 10.8 Å². The molecule has 1 fully saturated rings. The van der Waals surface area contributed by atoms with Crippen LogP contribution in [0.1, 0.15) is 31.9 Å². The van der Waals surface area contributed by atoms with Crippen LogP contribution in [0.15, 0.2) is 54.6 Å². The molecule has 0 bridgehead atoms. The lowest BCUT2D eigenvalue weighted by atomic mass is 10.1. The Morgan fingerprint density at radius 3 is 2.48 bits per heavy atom. The summed E-state index contributed by atoms with van der Waals surface area (Å²) < 4.78 is 38.6. The lowest BCUT2D eigenvalue weighted by Crippen LogP contribution is -2.29. The molecular formula is C22H24N2O6S. The van der Waals surface area contributed by atoms with Crippen LogP contribution in [0.2, 0.25) is 0 Å². The number of hydrogen-bond donors (Lipinski definition) is 1. The fourth-order valence-corrected chi connectivity index (χ4v) is 4.01. The van der Waals surface area contributed by atoms with Crippen molar-refractivity contribution in [1.29, 1.82) is 0 Å². The van der Waals surface area contributed by atoms with Gasteiger partial charge in [0.1, 0.15) is 24.5 Å². The van der Waals surface area contributed by atoms with Crippen molar-refractivity contribution in [1.82, 2.24) is 4.72 Å². The molecule has 1 heterocycles. The highest BCUT2D eigenvalue weighted by atomic mass is 32.2. The topological polar surface area (TPSA) is 102 Å². The van der Waals surface area contributed by atoms with Crippen molar-refractivity contribution in [3.05, 3.63) is 65.7 Å². The largest absolute Gasteiger partial charge is 0.487 e. The minimum Gasteiger partial charge on any atom is -0.487 e. The van der Waals surface area contributed by atoms with E-state index in [2.05, 4.69) is 0 Å². The minimum absolute atomic E-state index is 0.197. The van der Waals surface area contributed by atoms with Gasteiger partial charge in [-0.2, -0.15) is 8.42 Å². The van der Waals surface area contributed by atoms with Crippen LogP contribution in [0.5, 0.6) is 5.75 Å². The van der Waals surface area contributed by atoms with Gasteiger partial charge in [-0.1, -0.05) is 36.4 Å². The number of nitrogens with zero attached hydrogens (tertiary/aromatic N) is 1. The van der Waals surface area contributed by atoms with E-state index in [0.29, 0.717) is 5.56 Å². The van der Waals surface area contributed by atoms with Crippen molar-refractivity contribution in [3.63, 3.8) is 0 Å². The number of hydrogen-bond acceptors (Lipinski definition) is 6. The van der Waals surface area contributed by atoms with Crippen molar-refractivity contribution in [2.24, 2.45) is 0 Å². The molecule has 1 N–H and O–H groups in total. The molecule has 1 saturated heterocycles. The van der Waals surface area contributed by atoms with E-state index in [4.69, 9.17) is 9.47 Å². The smallest absolute Gasteiger partial charge is 0.331 e. The Bertz CT molecular complexity index is 1100. The molecule has 8 nitrogen and oxygen atoms in total. The van der Waals surface area contributed by atoms with Gasteiger partial charge in [-0.3, -0.25) is 4.79 Å². The Morgan fingerprint density at radius 2 is 1.87 bits per heavy atom. The second kappa shape index (κ2) is 8.81. The van der Waals surface area contributed by atoms with Crippen molar-refractivity contribution in [3.8, 4) is 5.75 Å². The third-order valence-electron chi connectivity index (χ3n) is 4.13. The Balaban J connectivity index is 1.90. The maximum absolute atomic E-state index is 12.3. The van der Waals surface area contributed by atoms with Crippen molar-refractivity contribution < 1.29 is 27.5 Å². The molecule has 164 valence electrons. The number of esters is 1. The number of ether oxygens (including phenoxy) is 2. The molecule has 0 saturated carbocycles. The lowest BCUT2D eigenvalue weighted by molar-refractivity contribution is -0.148. The highest BCUT2D eigenvalue weighted by Gasteiger charge is 2.35. The van der Waals surface area contributed by atoms with Gasteiger partial charge in [0.25, 0.3) is 5.91 Å².